The minimum absolute atomic E-state index is 0.239. The standard InChI is InChI=1S/C7H8O2/c1-6(8)4-3-5-7(2)9/h1-2H,3-5H2. The van der Waals surface area contributed by atoms with Gasteiger partial charge in [-0.05, 0) is 6.42 Å². The Kier molecular flexibility index (Phi) is 3.93. The third-order valence-corrected chi connectivity index (χ3v) is 0.846. The van der Waals surface area contributed by atoms with Gasteiger partial charge in [0.2, 0.25) is 0 Å². The Labute approximate surface area is 55.3 Å². The molecular weight excluding hydrogens is 116 g/mol. The van der Waals surface area contributed by atoms with Crippen molar-refractivity contribution in [1.82, 2.24) is 0 Å². The van der Waals surface area contributed by atoms with Gasteiger partial charge in [0, 0.05) is 26.7 Å². The summed E-state index contributed by atoms with van der Waals surface area (Å²) in [4.78, 5) is 20.1. The third kappa shape index (κ3) is 7.34. The number of Topliss-reactive ketones (excluding diaryl/α,β-unsaturated/α-hetero) is 2. The predicted molar refractivity (Wildman–Crippen MR) is 32.5 cm³/mol. The summed E-state index contributed by atoms with van der Waals surface area (Å²) < 4.78 is 0. The molecule has 0 aromatic carbocycles. The Morgan fingerprint density at radius 3 is 1.56 bits per heavy atom. The van der Waals surface area contributed by atoms with Gasteiger partial charge in [-0.3, -0.25) is 9.59 Å². The molecule has 0 aromatic rings. The van der Waals surface area contributed by atoms with E-state index in [1.165, 1.54) is 0 Å². The average molecular weight is 124 g/mol. The minimum atomic E-state index is -0.392. The van der Waals surface area contributed by atoms with Crippen molar-refractivity contribution >= 4 is 11.6 Å². The fourth-order valence-corrected chi connectivity index (χ4v) is 0.437. The zero-order valence-corrected chi connectivity index (χ0v) is 5.09. The van der Waals surface area contributed by atoms with Crippen LogP contribution < -0.4 is 0 Å². The number of hydrogen-bond donors (Lipinski definition) is 0. The highest BCUT2D eigenvalue weighted by Crippen LogP contribution is 1.95. The van der Waals surface area contributed by atoms with Crippen molar-refractivity contribution in [3.05, 3.63) is 13.8 Å². The maximum atomic E-state index is 10.1. The Morgan fingerprint density at radius 2 is 1.33 bits per heavy atom. The molecule has 9 heavy (non-hydrogen) atoms. The van der Waals surface area contributed by atoms with Gasteiger partial charge in [0.1, 0.15) is 11.6 Å². The molecule has 0 unspecified atom stereocenters. The number of carbonyl (C=O) groups excluding carboxylic acids is 2. The van der Waals surface area contributed by atoms with Gasteiger partial charge in [-0.2, -0.15) is 0 Å². The molecule has 0 rings (SSSR count). The van der Waals surface area contributed by atoms with Crippen LogP contribution in [-0.2, 0) is 9.59 Å². The van der Waals surface area contributed by atoms with Gasteiger partial charge in [0.05, 0.1) is 0 Å². The molecule has 0 heterocycles. The van der Waals surface area contributed by atoms with Crippen LogP contribution in [-0.4, -0.2) is 11.6 Å². The molecule has 0 aromatic heterocycles. The Hall–Kier alpha value is -0.660. The van der Waals surface area contributed by atoms with Crippen molar-refractivity contribution in [2.75, 3.05) is 0 Å². The quantitative estimate of drug-likeness (QED) is 0.553. The van der Waals surface area contributed by atoms with Gasteiger partial charge in [-0.25, -0.2) is 0 Å². The van der Waals surface area contributed by atoms with Crippen LogP contribution in [0, 0.1) is 13.8 Å². The molecule has 0 saturated carbocycles. The van der Waals surface area contributed by atoms with Crippen molar-refractivity contribution in [3.63, 3.8) is 0 Å². The molecule has 4 radical (unpaired) electrons. The van der Waals surface area contributed by atoms with Crippen molar-refractivity contribution < 1.29 is 9.59 Å². The fourth-order valence-electron chi connectivity index (χ4n) is 0.437. The molecule has 0 aliphatic heterocycles. The molecule has 0 bridgehead atoms. The fraction of sp³-hybridized carbons (Fsp3) is 0.429. The van der Waals surface area contributed by atoms with Crippen LogP contribution in [0.2, 0.25) is 0 Å². The van der Waals surface area contributed by atoms with Gasteiger partial charge in [-0.15, -0.1) is 0 Å². The van der Waals surface area contributed by atoms with Crippen molar-refractivity contribution in [2.24, 2.45) is 0 Å². The van der Waals surface area contributed by atoms with Crippen LogP contribution in [0.4, 0.5) is 0 Å². The summed E-state index contributed by atoms with van der Waals surface area (Å²) in [5.41, 5.74) is 0. The topological polar surface area (TPSA) is 34.1 Å². The molecule has 0 amide bonds. The van der Waals surface area contributed by atoms with E-state index in [1.54, 1.807) is 0 Å². The monoisotopic (exact) mass is 124 g/mol. The van der Waals surface area contributed by atoms with E-state index in [4.69, 9.17) is 13.8 Å². The van der Waals surface area contributed by atoms with E-state index >= 15 is 0 Å². The summed E-state index contributed by atoms with van der Waals surface area (Å²) >= 11 is 0. The van der Waals surface area contributed by atoms with Crippen molar-refractivity contribution in [2.45, 2.75) is 19.3 Å². The first-order valence-electron chi connectivity index (χ1n) is 2.69. The van der Waals surface area contributed by atoms with Gasteiger partial charge < -0.3 is 0 Å². The minimum Gasteiger partial charge on any atom is -0.299 e. The van der Waals surface area contributed by atoms with Crippen LogP contribution in [0.3, 0.4) is 0 Å². The molecule has 0 aliphatic carbocycles. The molecule has 0 saturated heterocycles. The molecule has 0 fully saturated rings. The van der Waals surface area contributed by atoms with E-state index in [0.717, 1.165) is 0 Å². The van der Waals surface area contributed by atoms with Crippen molar-refractivity contribution in [1.29, 1.82) is 0 Å². The molecule has 0 spiro atoms. The second-order valence-corrected chi connectivity index (χ2v) is 1.79. The SMILES string of the molecule is [CH]C(=O)CCCC([CH])=O. The lowest BCUT2D eigenvalue weighted by molar-refractivity contribution is -0.116. The largest absolute Gasteiger partial charge is 0.299 e. The van der Waals surface area contributed by atoms with Crippen LogP contribution in [0.5, 0.6) is 0 Å². The predicted octanol–water partition coefficient (Wildman–Crippen LogP) is 0.717. The number of rotatable bonds is 4. The smallest absolute Gasteiger partial charge is 0.137 e. The zero-order valence-electron chi connectivity index (χ0n) is 5.09. The lowest BCUT2D eigenvalue weighted by Gasteiger charge is -1.90. The van der Waals surface area contributed by atoms with E-state index in [2.05, 4.69) is 0 Å². The first-order chi connectivity index (χ1) is 4.13. The lowest BCUT2D eigenvalue weighted by atomic mass is 10.1. The normalized spacial score (nSPS) is 9.11. The summed E-state index contributed by atoms with van der Waals surface area (Å²) in [7, 11) is 0. The first kappa shape index (κ1) is 8.34. The van der Waals surface area contributed by atoms with Gasteiger partial charge in [0.15, 0.2) is 0 Å². The van der Waals surface area contributed by atoms with Gasteiger partial charge in [0.25, 0.3) is 0 Å². The summed E-state index contributed by atoms with van der Waals surface area (Å²) in [5.74, 6) is -0.785. The van der Waals surface area contributed by atoms with E-state index in [1.807, 2.05) is 0 Å². The molecule has 2 heteroatoms. The molecular formula is C7H8O2. The number of ketones is 2. The number of hydrogen-bond acceptors (Lipinski definition) is 2. The maximum absolute atomic E-state index is 10.1. The molecule has 2 nitrogen and oxygen atoms in total. The van der Waals surface area contributed by atoms with E-state index in [9.17, 15) is 9.59 Å². The Bertz CT molecular complexity index is 102. The van der Waals surface area contributed by atoms with Gasteiger partial charge in [-0.1, -0.05) is 0 Å². The third-order valence-electron chi connectivity index (χ3n) is 0.846. The van der Waals surface area contributed by atoms with Crippen LogP contribution in [0.25, 0.3) is 0 Å². The average Bonchev–Trinajstić information content (AvgIpc) is 1.63. The summed E-state index contributed by atoms with van der Waals surface area (Å²) in [6.45, 7) is 9.58. The van der Waals surface area contributed by atoms with Crippen molar-refractivity contribution in [3.8, 4) is 0 Å². The Balaban J connectivity index is 3.10. The zero-order chi connectivity index (χ0) is 7.28. The molecule has 48 valence electrons. The van der Waals surface area contributed by atoms with E-state index < -0.39 is 11.6 Å². The Morgan fingerprint density at radius 1 is 1.00 bits per heavy atom. The lowest BCUT2D eigenvalue weighted by Crippen LogP contribution is -1.94. The molecule has 0 N–H and O–H groups in total. The van der Waals surface area contributed by atoms with Gasteiger partial charge >= 0.3 is 0 Å². The van der Waals surface area contributed by atoms with E-state index in [0.29, 0.717) is 6.42 Å². The summed E-state index contributed by atoms with van der Waals surface area (Å²) in [6, 6.07) is 0. The summed E-state index contributed by atoms with van der Waals surface area (Å²) in [6.07, 6.45) is 0.941. The second-order valence-electron chi connectivity index (χ2n) is 1.79. The number of carbonyl (C=O) groups is 2. The van der Waals surface area contributed by atoms with Crippen LogP contribution in [0.15, 0.2) is 0 Å². The second kappa shape index (κ2) is 4.24. The van der Waals surface area contributed by atoms with E-state index in [-0.39, 0.29) is 12.8 Å². The highest BCUT2D eigenvalue weighted by Gasteiger charge is 1.95. The summed E-state index contributed by atoms with van der Waals surface area (Å²) in [5, 5.41) is 0. The molecule has 0 atom stereocenters. The highest BCUT2D eigenvalue weighted by atomic mass is 16.1. The highest BCUT2D eigenvalue weighted by molar-refractivity contribution is 5.85. The van der Waals surface area contributed by atoms with Crippen LogP contribution in [0.1, 0.15) is 19.3 Å². The maximum Gasteiger partial charge on any atom is 0.137 e. The molecule has 0 aliphatic rings. The van der Waals surface area contributed by atoms with Crippen LogP contribution >= 0.6 is 0 Å². The first-order valence-corrected chi connectivity index (χ1v) is 2.69.